The zero-order valence-corrected chi connectivity index (χ0v) is 26.1. The Morgan fingerprint density at radius 2 is 1.65 bits per heavy atom. The predicted octanol–water partition coefficient (Wildman–Crippen LogP) is -2.99. The molecule has 3 aromatic carbocycles. The molecule has 0 saturated heterocycles. The maximum atomic E-state index is 13.0. The molecule has 8 nitrogen and oxygen atoms in total. The summed E-state index contributed by atoms with van der Waals surface area (Å²) < 4.78 is 1.59. The normalized spacial score (nSPS) is 11.9. The minimum absolute atomic E-state index is 0. The molecule has 37 heavy (non-hydrogen) atoms. The second-order valence-electron chi connectivity index (χ2n) is 8.01. The number of aromatic amines is 1. The topological polar surface area (TPSA) is 128 Å². The van der Waals surface area contributed by atoms with E-state index in [9.17, 15) is 24.6 Å². The first kappa shape index (κ1) is 31.2. The molecule has 4 aromatic rings. The van der Waals surface area contributed by atoms with Crippen LogP contribution in [0.5, 0.6) is 0 Å². The van der Waals surface area contributed by atoms with Gasteiger partial charge in [-0.2, -0.15) is 0 Å². The van der Waals surface area contributed by atoms with Crippen molar-refractivity contribution in [3.05, 3.63) is 82.3 Å². The van der Waals surface area contributed by atoms with Gasteiger partial charge in [0.25, 0.3) is 5.91 Å². The number of benzene rings is 3. The molecule has 0 aliphatic carbocycles. The number of aromatic nitrogens is 1. The van der Waals surface area contributed by atoms with Crippen LogP contribution in [-0.2, 0) is 9.59 Å². The van der Waals surface area contributed by atoms with Gasteiger partial charge >= 0.3 is 59.1 Å². The van der Waals surface area contributed by atoms with Gasteiger partial charge in [0.2, 0.25) is 0 Å². The third kappa shape index (κ3) is 7.10. The summed E-state index contributed by atoms with van der Waals surface area (Å²) in [5.74, 6) is -3.57. The fourth-order valence-corrected chi connectivity index (χ4v) is 4.93. The summed E-state index contributed by atoms with van der Waals surface area (Å²) in [7, 11) is 0. The van der Waals surface area contributed by atoms with E-state index in [4.69, 9.17) is 12.2 Å². The number of carboxylic acids is 2. The van der Waals surface area contributed by atoms with Gasteiger partial charge in [0.05, 0.1) is 21.7 Å². The van der Waals surface area contributed by atoms with E-state index in [1.54, 1.807) is 60.7 Å². The van der Waals surface area contributed by atoms with Crippen LogP contribution in [0.15, 0.2) is 72.8 Å². The second-order valence-corrected chi connectivity index (χ2v) is 9.73. The van der Waals surface area contributed by atoms with Gasteiger partial charge in [-0.05, 0) is 67.7 Å². The van der Waals surface area contributed by atoms with Crippen molar-refractivity contribution in [2.24, 2.45) is 0 Å². The molecule has 4 rings (SSSR count). The third-order valence-corrected chi connectivity index (χ3v) is 6.70. The fraction of sp³-hybridized carbons (Fsp3) is 0.120. The first-order valence-electron chi connectivity index (χ1n) is 10.5. The number of para-hydroxylation sites is 1. The SMILES string of the molecule is CC(CC(=O)[O-])(C(=O)[O-])N(c1ccccc1)c1cccc(C(=O)Nc2ccc3sc(=S)[nH]c3c2)c1.[Na+].[Na+]. The zero-order chi connectivity index (χ0) is 25.2. The Morgan fingerprint density at radius 1 is 0.973 bits per heavy atom. The molecule has 0 bridgehead atoms. The van der Waals surface area contributed by atoms with Crippen LogP contribution in [0.2, 0.25) is 0 Å². The summed E-state index contributed by atoms with van der Waals surface area (Å²) in [5.41, 5.74) is 0.320. The van der Waals surface area contributed by atoms with E-state index >= 15 is 0 Å². The Labute approximate surface area is 266 Å². The van der Waals surface area contributed by atoms with Crippen LogP contribution in [0, 0.1) is 3.95 Å². The van der Waals surface area contributed by atoms with E-state index in [2.05, 4.69) is 10.3 Å². The Kier molecular flexibility index (Phi) is 11.1. The van der Waals surface area contributed by atoms with Gasteiger partial charge in [-0.25, -0.2) is 0 Å². The van der Waals surface area contributed by atoms with Gasteiger partial charge in [0, 0.05) is 35.0 Å². The van der Waals surface area contributed by atoms with Crippen molar-refractivity contribution in [2.75, 3.05) is 10.2 Å². The Balaban J connectivity index is 0.00000241. The van der Waals surface area contributed by atoms with Crippen molar-refractivity contribution < 1.29 is 83.7 Å². The van der Waals surface area contributed by atoms with Gasteiger partial charge in [-0.3, -0.25) is 4.79 Å². The van der Waals surface area contributed by atoms with E-state index in [0.29, 0.717) is 21.0 Å². The van der Waals surface area contributed by atoms with E-state index in [0.717, 1.165) is 10.2 Å². The predicted molar refractivity (Wildman–Crippen MR) is 133 cm³/mol. The standard InChI is InChI=1S/C25H21N3O5S2.2Na/c1-25(23(32)33,14-21(29)30)28(17-7-3-2-4-8-17)18-9-5-6-15(12-18)22(31)26-16-10-11-20-19(13-16)27-24(34)35-20;;/h2-13H,14H2,1H3,(H,26,31)(H,27,34)(H,29,30)(H,32,33);;/q;2*+1/p-2. The van der Waals surface area contributed by atoms with Crippen LogP contribution in [0.3, 0.4) is 0 Å². The minimum Gasteiger partial charge on any atom is -0.550 e. The van der Waals surface area contributed by atoms with E-state index in [-0.39, 0.29) is 64.7 Å². The molecule has 178 valence electrons. The molecule has 0 aliphatic heterocycles. The van der Waals surface area contributed by atoms with Gasteiger partial charge in [-0.15, -0.1) is 11.3 Å². The summed E-state index contributed by atoms with van der Waals surface area (Å²) >= 11 is 6.59. The van der Waals surface area contributed by atoms with Crippen LogP contribution < -0.4 is 79.5 Å². The van der Waals surface area contributed by atoms with Gasteiger partial charge in [-0.1, -0.05) is 24.3 Å². The van der Waals surface area contributed by atoms with Gasteiger partial charge in [0.15, 0.2) is 3.95 Å². The average molecular weight is 552 g/mol. The van der Waals surface area contributed by atoms with Crippen LogP contribution in [0.4, 0.5) is 17.1 Å². The number of carbonyl (C=O) groups excluding carboxylic acids is 3. The molecule has 1 atom stereocenters. The smallest absolute Gasteiger partial charge is 0.550 e. The molecule has 2 N–H and O–H groups in total. The Morgan fingerprint density at radius 3 is 2.30 bits per heavy atom. The molecule has 0 spiro atoms. The first-order valence-corrected chi connectivity index (χ1v) is 11.7. The molecule has 1 aromatic heterocycles. The number of aliphatic carboxylic acids is 2. The summed E-state index contributed by atoms with van der Waals surface area (Å²) in [4.78, 5) is 41.1. The number of fused-ring (bicyclic) bond motifs is 1. The maximum absolute atomic E-state index is 13.0. The average Bonchev–Trinajstić information content (AvgIpc) is 3.19. The maximum Gasteiger partial charge on any atom is 1.00 e. The van der Waals surface area contributed by atoms with Crippen molar-refractivity contribution in [3.63, 3.8) is 0 Å². The quantitative estimate of drug-likeness (QED) is 0.177. The number of hydrogen-bond donors (Lipinski definition) is 2. The number of nitrogens with one attached hydrogen (secondary N) is 2. The number of hydrogen-bond acceptors (Lipinski definition) is 8. The molecular formula is C25H19N3Na2O5S2. The minimum atomic E-state index is -1.99. The van der Waals surface area contributed by atoms with E-state index in [1.807, 2.05) is 6.07 Å². The Bertz CT molecular complexity index is 1490. The Hall–Kier alpha value is -2.02. The summed E-state index contributed by atoms with van der Waals surface area (Å²) in [6.07, 6.45) is -0.831. The fourth-order valence-electron chi connectivity index (χ4n) is 3.84. The van der Waals surface area contributed by atoms with Crippen LogP contribution in [0.25, 0.3) is 10.2 Å². The third-order valence-electron chi connectivity index (χ3n) is 5.48. The van der Waals surface area contributed by atoms with Crippen molar-refractivity contribution >= 4 is 68.7 Å². The monoisotopic (exact) mass is 551 g/mol. The molecule has 1 heterocycles. The molecule has 0 radical (unpaired) electrons. The molecule has 0 fully saturated rings. The zero-order valence-electron chi connectivity index (χ0n) is 20.4. The van der Waals surface area contributed by atoms with Crippen molar-refractivity contribution in [2.45, 2.75) is 18.9 Å². The van der Waals surface area contributed by atoms with Crippen LogP contribution in [0.1, 0.15) is 23.7 Å². The molecular weight excluding hydrogens is 532 g/mol. The van der Waals surface area contributed by atoms with Gasteiger partial charge in [0.1, 0.15) is 0 Å². The number of carbonyl (C=O) groups is 3. The molecule has 0 saturated carbocycles. The number of thiazole rings is 1. The number of anilines is 3. The summed E-state index contributed by atoms with van der Waals surface area (Å²) in [6, 6.07) is 20.1. The van der Waals surface area contributed by atoms with Gasteiger partial charge < -0.3 is 35.0 Å². The molecule has 1 unspecified atom stereocenters. The first-order chi connectivity index (χ1) is 16.7. The number of H-pyrrole nitrogens is 1. The van der Waals surface area contributed by atoms with E-state index in [1.165, 1.54) is 29.2 Å². The van der Waals surface area contributed by atoms with Crippen molar-refractivity contribution in [1.29, 1.82) is 0 Å². The van der Waals surface area contributed by atoms with Crippen molar-refractivity contribution in [1.82, 2.24) is 4.98 Å². The van der Waals surface area contributed by atoms with Crippen LogP contribution >= 0.6 is 23.6 Å². The number of nitrogens with zero attached hydrogens (tertiary/aromatic N) is 1. The second kappa shape index (κ2) is 13.2. The van der Waals surface area contributed by atoms with E-state index < -0.39 is 29.8 Å². The number of amides is 1. The van der Waals surface area contributed by atoms with Crippen molar-refractivity contribution in [3.8, 4) is 0 Å². The number of carboxylic acid groups (broad SMARTS) is 2. The summed E-state index contributed by atoms with van der Waals surface area (Å²) in [5, 5.41) is 26.5. The molecule has 0 aliphatic rings. The van der Waals surface area contributed by atoms with Crippen LogP contribution in [-0.4, -0.2) is 28.4 Å². The molecule has 1 amide bonds. The molecule has 12 heteroatoms. The number of rotatable bonds is 8. The largest absolute Gasteiger partial charge is 1.00 e. The summed E-state index contributed by atoms with van der Waals surface area (Å²) in [6.45, 7) is 1.25.